The van der Waals surface area contributed by atoms with E-state index in [-0.39, 0.29) is 0 Å². The zero-order chi connectivity index (χ0) is 22.1. The number of fused-ring (bicyclic) bond motifs is 1. The highest BCUT2D eigenvalue weighted by Crippen LogP contribution is 2.39. The van der Waals surface area contributed by atoms with Gasteiger partial charge in [0.05, 0.1) is 17.6 Å². The van der Waals surface area contributed by atoms with Crippen LogP contribution >= 0.6 is 11.6 Å². The van der Waals surface area contributed by atoms with Gasteiger partial charge in [-0.25, -0.2) is 0 Å². The Hall–Kier alpha value is -2.82. The third-order valence-electron chi connectivity index (χ3n) is 6.74. The lowest BCUT2D eigenvalue weighted by molar-refractivity contribution is 0.284. The van der Waals surface area contributed by atoms with E-state index in [2.05, 4.69) is 52.3 Å². The number of nitrogens with one attached hydrogen (secondary N) is 1. The minimum atomic E-state index is 0.384. The van der Waals surface area contributed by atoms with Crippen molar-refractivity contribution in [1.29, 1.82) is 0 Å². The highest BCUT2D eigenvalue weighted by atomic mass is 35.5. The monoisotopic (exact) mass is 445 g/mol. The molecule has 0 saturated carbocycles. The molecular formula is C27H28ClN3O. The normalized spacial score (nSPS) is 17.4. The van der Waals surface area contributed by atoms with Crippen LogP contribution in [0.3, 0.4) is 0 Å². The molecule has 4 nitrogen and oxygen atoms in total. The minimum Gasteiger partial charge on any atom is -0.497 e. The van der Waals surface area contributed by atoms with E-state index >= 15 is 0 Å². The molecular weight excluding hydrogens is 418 g/mol. The third-order valence-corrected chi connectivity index (χ3v) is 7.05. The second-order valence-electron chi connectivity index (χ2n) is 8.62. The molecule has 0 bridgehead atoms. The van der Waals surface area contributed by atoms with E-state index in [1.165, 1.54) is 18.4 Å². The van der Waals surface area contributed by atoms with Crippen molar-refractivity contribution in [2.45, 2.75) is 25.8 Å². The number of benzene rings is 2. The maximum Gasteiger partial charge on any atom is 0.118 e. The van der Waals surface area contributed by atoms with Gasteiger partial charge in [0, 0.05) is 46.7 Å². The molecule has 1 saturated heterocycles. The van der Waals surface area contributed by atoms with Crippen LogP contribution in [0.15, 0.2) is 67.1 Å². The van der Waals surface area contributed by atoms with E-state index < -0.39 is 0 Å². The number of hydrogen-bond donors (Lipinski definition) is 1. The van der Waals surface area contributed by atoms with Gasteiger partial charge in [0.1, 0.15) is 5.75 Å². The average molecular weight is 446 g/mol. The average Bonchev–Trinajstić information content (AvgIpc) is 3.25. The molecule has 32 heavy (non-hydrogen) atoms. The topological polar surface area (TPSA) is 39.1 Å². The van der Waals surface area contributed by atoms with Gasteiger partial charge >= 0.3 is 0 Å². The van der Waals surface area contributed by atoms with Gasteiger partial charge in [-0.15, -0.1) is 0 Å². The van der Waals surface area contributed by atoms with Crippen molar-refractivity contribution in [2.24, 2.45) is 5.92 Å². The lowest BCUT2D eigenvalue weighted by Gasteiger charge is -2.30. The lowest BCUT2D eigenvalue weighted by atomic mass is 9.92. The van der Waals surface area contributed by atoms with Crippen molar-refractivity contribution in [3.8, 4) is 28.0 Å². The van der Waals surface area contributed by atoms with Gasteiger partial charge in [0.25, 0.3) is 0 Å². The maximum absolute atomic E-state index is 6.75. The number of hydrogen-bond acceptors (Lipinski definition) is 3. The predicted octanol–water partition coefficient (Wildman–Crippen LogP) is 6.59. The summed E-state index contributed by atoms with van der Waals surface area (Å²) in [5.41, 5.74) is 5.56. The lowest BCUT2D eigenvalue weighted by Crippen LogP contribution is -2.34. The first-order chi connectivity index (χ1) is 15.7. The fraction of sp³-hybridized carbons (Fsp3) is 0.296. The van der Waals surface area contributed by atoms with E-state index in [9.17, 15) is 0 Å². The van der Waals surface area contributed by atoms with Gasteiger partial charge in [-0.1, -0.05) is 29.8 Å². The Kier molecular flexibility index (Phi) is 5.90. The summed E-state index contributed by atoms with van der Waals surface area (Å²) < 4.78 is 7.71. The Bertz CT molecular complexity index is 1230. The molecule has 0 radical (unpaired) electrons. The van der Waals surface area contributed by atoms with Crippen molar-refractivity contribution >= 4 is 22.5 Å². The summed E-state index contributed by atoms with van der Waals surface area (Å²) in [4.78, 5) is 4.57. The molecule has 2 atom stereocenters. The fourth-order valence-electron chi connectivity index (χ4n) is 4.87. The Balaban J connectivity index is 1.60. The van der Waals surface area contributed by atoms with Crippen LogP contribution in [-0.4, -0.2) is 29.8 Å². The first-order valence-electron chi connectivity index (χ1n) is 11.3. The Morgan fingerprint density at radius 1 is 1.09 bits per heavy atom. The molecule has 2 unspecified atom stereocenters. The molecule has 0 amide bonds. The van der Waals surface area contributed by atoms with E-state index in [0.717, 1.165) is 51.5 Å². The minimum absolute atomic E-state index is 0.384. The van der Waals surface area contributed by atoms with Gasteiger partial charge in [-0.2, -0.15) is 0 Å². The van der Waals surface area contributed by atoms with Crippen molar-refractivity contribution in [2.75, 3.05) is 20.2 Å². The number of aromatic nitrogens is 2. The second kappa shape index (κ2) is 8.97. The summed E-state index contributed by atoms with van der Waals surface area (Å²) in [6.45, 7) is 4.51. The number of rotatable bonds is 5. The molecule has 1 aliphatic heterocycles. The van der Waals surface area contributed by atoms with Gasteiger partial charge in [-0.3, -0.25) is 4.98 Å². The van der Waals surface area contributed by atoms with E-state index in [4.69, 9.17) is 16.3 Å². The molecule has 2 aromatic carbocycles. The Labute approximate surface area is 194 Å². The van der Waals surface area contributed by atoms with Gasteiger partial charge < -0.3 is 14.6 Å². The van der Waals surface area contributed by atoms with Crippen molar-refractivity contribution < 1.29 is 4.74 Å². The van der Waals surface area contributed by atoms with E-state index in [1.54, 1.807) is 7.11 Å². The van der Waals surface area contributed by atoms with Gasteiger partial charge in [0.15, 0.2) is 0 Å². The molecule has 5 heteroatoms. The van der Waals surface area contributed by atoms with Crippen LogP contribution in [0.4, 0.5) is 0 Å². The SMILES string of the molecule is COc1ccc(-c2cncc(-c3cn(C(C)C4CCCNC4)c4cccc(Cl)c34)c2)cc1. The molecule has 1 aliphatic rings. The molecule has 5 rings (SSSR count). The number of piperidine rings is 1. The number of halogens is 1. The van der Waals surface area contributed by atoms with Crippen LogP contribution in [0, 0.1) is 5.92 Å². The van der Waals surface area contributed by atoms with Crippen LogP contribution in [0.1, 0.15) is 25.8 Å². The maximum atomic E-state index is 6.75. The molecule has 3 heterocycles. The molecule has 1 fully saturated rings. The van der Waals surface area contributed by atoms with Crippen molar-refractivity contribution in [3.63, 3.8) is 0 Å². The van der Waals surface area contributed by atoms with Crippen LogP contribution in [0.2, 0.25) is 5.02 Å². The summed E-state index contributed by atoms with van der Waals surface area (Å²) in [6.07, 6.45) is 8.59. The van der Waals surface area contributed by atoms with E-state index in [0.29, 0.717) is 12.0 Å². The summed E-state index contributed by atoms with van der Waals surface area (Å²) in [7, 11) is 1.68. The first-order valence-corrected chi connectivity index (χ1v) is 11.6. The quantitative estimate of drug-likeness (QED) is 0.376. The second-order valence-corrected chi connectivity index (χ2v) is 9.03. The molecule has 2 aromatic heterocycles. The van der Waals surface area contributed by atoms with Crippen LogP contribution in [-0.2, 0) is 0 Å². The predicted molar refractivity (Wildman–Crippen MR) is 132 cm³/mol. The number of ether oxygens (including phenoxy) is 1. The smallest absolute Gasteiger partial charge is 0.118 e. The van der Waals surface area contributed by atoms with Crippen LogP contribution < -0.4 is 10.1 Å². The Morgan fingerprint density at radius 2 is 1.91 bits per heavy atom. The first kappa shape index (κ1) is 21.0. The summed E-state index contributed by atoms with van der Waals surface area (Å²) in [6, 6.07) is 16.9. The van der Waals surface area contributed by atoms with Crippen LogP contribution in [0.5, 0.6) is 5.75 Å². The molecule has 1 N–H and O–H groups in total. The molecule has 4 aromatic rings. The molecule has 0 spiro atoms. The summed E-state index contributed by atoms with van der Waals surface area (Å²) in [5, 5.41) is 5.43. The highest BCUT2D eigenvalue weighted by molar-refractivity contribution is 6.36. The number of methoxy groups -OCH3 is 1. The van der Waals surface area contributed by atoms with Gasteiger partial charge in [0.2, 0.25) is 0 Å². The van der Waals surface area contributed by atoms with E-state index in [1.807, 2.05) is 36.7 Å². The number of nitrogens with zero attached hydrogens (tertiary/aromatic N) is 2. The highest BCUT2D eigenvalue weighted by Gasteiger charge is 2.24. The molecule has 0 aliphatic carbocycles. The van der Waals surface area contributed by atoms with Crippen LogP contribution in [0.25, 0.3) is 33.2 Å². The Morgan fingerprint density at radius 3 is 2.66 bits per heavy atom. The third kappa shape index (κ3) is 3.89. The number of pyridine rings is 1. The van der Waals surface area contributed by atoms with Crippen molar-refractivity contribution in [1.82, 2.24) is 14.9 Å². The van der Waals surface area contributed by atoms with Gasteiger partial charge in [-0.05, 0) is 74.7 Å². The zero-order valence-electron chi connectivity index (χ0n) is 18.5. The van der Waals surface area contributed by atoms with Crippen molar-refractivity contribution in [3.05, 3.63) is 72.1 Å². The zero-order valence-corrected chi connectivity index (χ0v) is 19.3. The molecule has 164 valence electrons. The summed E-state index contributed by atoms with van der Waals surface area (Å²) in [5.74, 6) is 1.45. The largest absolute Gasteiger partial charge is 0.497 e. The standard InChI is InChI=1S/C27H28ClN3O/c1-18(20-5-4-12-29-14-20)31-17-24(27-25(28)6-3-7-26(27)31)22-13-21(15-30-16-22)19-8-10-23(32-2)11-9-19/h3,6-11,13,15-18,20,29H,4-5,12,14H2,1-2H3. The fourth-order valence-corrected chi connectivity index (χ4v) is 5.14. The summed E-state index contributed by atoms with van der Waals surface area (Å²) >= 11 is 6.75.